The summed E-state index contributed by atoms with van der Waals surface area (Å²) in [7, 11) is 0. The maximum absolute atomic E-state index is 13.3. The molecule has 5 aliphatic rings. The Morgan fingerprint density at radius 2 is 1.84 bits per heavy atom. The summed E-state index contributed by atoms with van der Waals surface area (Å²) in [5, 5.41) is 22.6. The van der Waals surface area contributed by atoms with E-state index in [2.05, 4.69) is 20.8 Å². The number of aliphatic hydroxyl groups excluding tert-OH is 2. The highest BCUT2D eigenvalue weighted by atomic mass is 35.5. The molecule has 5 heteroatoms. The molecule has 0 radical (unpaired) electrons. The van der Waals surface area contributed by atoms with Crippen LogP contribution >= 0.6 is 11.6 Å². The third-order valence-corrected chi connectivity index (χ3v) is 12.9. The van der Waals surface area contributed by atoms with Gasteiger partial charge < -0.3 is 15.1 Å². The lowest BCUT2D eigenvalue weighted by atomic mass is 9.43. The van der Waals surface area contributed by atoms with E-state index in [1.165, 1.54) is 25.7 Å². The van der Waals surface area contributed by atoms with Crippen LogP contribution in [0.2, 0.25) is 5.02 Å². The van der Waals surface area contributed by atoms with E-state index in [4.69, 9.17) is 11.6 Å². The molecule has 0 unspecified atom stereocenters. The molecule has 4 fully saturated rings. The third kappa shape index (κ3) is 4.11. The Kier molecular flexibility index (Phi) is 6.73. The number of nitrogens with zero attached hydrogens (tertiary/aromatic N) is 1. The van der Waals surface area contributed by atoms with Gasteiger partial charge in [0.2, 0.25) is 5.91 Å². The number of carbonyl (C=O) groups excluding carboxylic acids is 1. The Morgan fingerprint density at radius 1 is 1.08 bits per heavy atom. The van der Waals surface area contributed by atoms with Gasteiger partial charge in [-0.1, -0.05) is 38.4 Å². The number of amides is 1. The van der Waals surface area contributed by atoms with Gasteiger partial charge in [0.05, 0.1) is 12.2 Å². The summed E-state index contributed by atoms with van der Waals surface area (Å²) in [5.74, 6) is 3.40. The minimum atomic E-state index is -0.226. The summed E-state index contributed by atoms with van der Waals surface area (Å²) in [5.41, 5.74) is 2.65. The normalized spacial score (nSPS) is 43.5. The molecule has 37 heavy (non-hydrogen) atoms. The molecule has 0 aromatic heterocycles. The second kappa shape index (κ2) is 9.52. The fourth-order valence-electron chi connectivity index (χ4n) is 10.5. The lowest BCUT2D eigenvalue weighted by molar-refractivity contribution is -0.174. The van der Waals surface area contributed by atoms with Gasteiger partial charge in [-0.15, -0.1) is 0 Å². The average molecular weight is 528 g/mol. The van der Waals surface area contributed by atoms with E-state index in [0.717, 1.165) is 61.3 Å². The Hall–Kier alpha value is -1.10. The quantitative estimate of drug-likeness (QED) is 0.461. The van der Waals surface area contributed by atoms with Crippen molar-refractivity contribution in [2.24, 2.45) is 46.3 Å². The van der Waals surface area contributed by atoms with E-state index in [1.807, 2.05) is 23.1 Å². The van der Waals surface area contributed by atoms with Crippen LogP contribution in [0.15, 0.2) is 18.2 Å². The van der Waals surface area contributed by atoms with Crippen molar-refractivity contribution in [2.75, 3.05) is 11.4 Å². The number of hydrogen-bond acceptors (Lipinski definition) is 3. The summed E-state index contributed by atoms with van der Waals surface area (Å²) < 4.78 is 0. The largest absolute Gasteiger partial charge is 0.393 e. The number of rotatable bonds is 4. The van der Waals surface area contributed by atoms with Gasteiger partial charge in [-0.25, -0.2) is 0 Å². The van der Waals surface area contributed by atoms with Crippen molar-refractivity contribution >= 4 is 23.2 Å². The average Bonchev–Trinajstić information content (AvgIpc) is 3.45. The van der Waals surface area contributed by atoms with Crippen LogP contribution in [-0.2, 0) is 11.2 Å². The molecule has 2 N–H and O–H groups in total. The Balaban J connectivity index is 1.13. The zero-order valence-electron chi connectivity index (χ0n) is 23.0. The first kappa shape index (κ1) is 26.1. The number of hydrogen-bond donors (Lipinski definition) is 2. The molecule has 10 atom stereocenters. The second-order valence-corrected chi connectivity index (χ2v) is 14.4. The number of carbonyl (C=O) groups is 1. The van der Waals surface area contributed by atoms with Gasteiger partial charge in [0.25, 0.3) is 0 Å². The first-order valence-corrected chi connectivity index (χ1v) is 15.4. The summed E-state index contributed by atoms with van der Waals surface area (Å²) in [4.78, 5) is 15.2. The smallest absolute Gasteiger partial charge is 0.227 e. The molecular weight excluding hydrogens is 482 g/mol. The molecule has 6 rings (SSSR count). The van der Waals surface area contributed by atoms with Crippen molar-refractivity contribution in [3.8, 4) is 0 Å². The molecule has 1 aromatic carbocycles. The van der Waals surface area contributed by atoms with Crippen molar-refractivity contribution in [3.05, 3.63) is 28.8 Å². The van der Waals surface area contributed by atoms with Gasteiger partial charge in [0.15, 0.2) is 0 Å². The monoisotopic (exact) mass is 527 g/mol. The molecule has 1 amide bonds. The van der Waals surface area contributed by atoms with Crippen LogP contribution in [0.4, 0.5) is 5.69 Å². The number of fused-ring (bicyclic) bond motifs is 6. The van der Waals surface area contributed by atoms with Gasteiger partial charge in [-0.05, 0) is 128 Å². The fourth-order valence-corrected chi connectivity index (χ4v) is 10.8. The highest BCUT2D eigenvalue weighted by Crippen LogP contribution is 2.68. The number of anilines is 1. The van der Waals surface area contributed by atoms with Crippen LogP contribution in [0, 0.1) is 46.3 Å². The van der Waals surface area contributed by atoms with E-state index in [-0.39, 0.29) is 28.9 Å². The van der Waals surface area contributed by atoms with E-state index in [0.29, 0.717) is 41.9 Å². The van der Waals surface area contributed by atoms with Gasteiger partial charge in [-0.2, -0.15) is 0 Å². The maximum Gasteiger partial charge on any atom is 0.227 e. The van der Waals surface area contributed by atoms with Gasteiger partial charge in [0.1, 0.15) is 0 Å². The maximum atomic E-state index is 13.3. The van der Waals surface area contributed by atoms with Gasteiger partial charge >= 0.3 is 0 Å². The second-order valence-electron chi connectivity index (χ2n) is 14.0. The summed E-state index contributed by atoms with van der Waals surface area (Å²) in [6.45, 7) is 8.13. The molecule has 1 aliphatic heterocycles. The summed E-state index contributed by atoms with van der Waals surface area (Å²) in [6.07, 6.45) is 10.7. The minimum Gasteiger partial charge on any atom is -0.393 e. The summed E-state index contributed by atoms with van der Waals surface area (Å²) in [6, 6.07) is 5.90. The van der Waals surface area contributed by atoms with Crippen LogP contribution in [-0.4, -0.2) is 34.9 Å². The molecule has 4 nitrogen and oxygen atoms in total. The number of benzene rings is 1. The predicted octanol–water partition coefficient (Wildman–Crippen LogP) is 6.64. The van der Waals surface area contributed by atoms with Crippen LogP contribution in [0.3, 0.4) is 0 Å². The Bertz CT molecular complexity index is 1040. The molecule has 204 valence electrons. The van der Waals surface area contributed by atoms with Crippen molar-refractivity contribution < 1.29 is 15.0 Å². The van der Waals surface area contributed by atoms with Crippen LogP contribution in [0.25, 0.3) is 0 Å². The van der Waals surface area contributed by atoms with E-state index < -0.39 is 0 Å². The predicted molar refractivity (Wildman–Crippen MR) is 149 cm³/mol. The van der Waals surface area contributed by atoms with Crippen molar-refractivity contribution in [2.45, 2.75) is 104 Å². The van der Waals surface area contributed by atoms with Crippen LogP contribution in [0.5, 0.6) is 0 Å². The number of aliphatic hydroxyl groups is 2. The van der Waals surface area contributed by atoms with Crippen molar-refractivity contribution in [3.63, 3.8) is 0 Å². The third-order valence-electron chi connectivity index (χ3n) is 12.5. The molecule has 1 heterocycles. The highest BCUT2D eigenvalue weighted by molar-refractivity contribution is 6.32. The SMILES string of the molecule is C[C@H](CCC(=O)N1CCc2c(Cl)cccc21)[C@H]1CC[C@H]2[C@@H]3[C@H](O)C[C@@H]4C[C@H](O)CC[C@]4(C)[C@H]3CC[C@]12C. The lowest BCUT2D eigenvalue weighted by Gasteiger charge is -2.62. The van der Waals surface area contributed by atoms with Crippen molar-refractivity contribution in [1.82, 2.24) is 0 Å². The fraction of sp³-hybridized carbons (Fsp3) is 0.781. The van der Waals surface area contributed by atoms with Gasteiger partial charge in [0, 0.05) is 23.7 Å². The molecule has 0 spiro atoms. The molecule has 4 aliphatic carbocycles. The lowest BCUT2D eigenvalue weighted by Crippen LogP contribution is -2.58. The van der Waals surface area contributed by atoms with E-state index >= 15 is 0 Å². The molecule has 0 bridgehead atoms. The standard InChI is InChI=1S/C32H46ClNO3/c1-19(7-10-29(37)34-16-13-22-26(33)5-4-6-27(22)34)23-8-9-24-30-25(12-15-32(23,24)3)31(2)14-11-21(35)17-20(31)18-28(30)36/h4-6,19-21,23-25,28,30,35-36H,7-18H2,1-3H3/t19-,20+,21-,23-,24+,25+,28-,30+,31+,32-/m1/s1. The first-order valence-electron chi connectivity index (χ1n) is 15.1. The van der Waals surface area contributed by atoms with Crippen LogP contribution < -0.4 is 4.90 Å². The molecule has 0 saturated heterocycles. The molecule has 4 saturated carbocycles. The topological polar surface area (TPSA) is 60.8 Å². The molecule has 1 aromatic rings. The Morgan fingerprint density at radius 3 is 2.65 bits per heavy atom. The number of halogens is 1. The molecular formula is C32H46ClNO3. The van der Waals surface area contributed by atoms with E-state index in [9.17, 15) is 15.0 Å². The van der Waals surface area contributed by atoms with Crippen LogP contribution in [0.1, 0.15) is 90.5 Å². The van der Waals surface area contributed by atoms with E-state index in [1.54, 1.807) is 0 Å². The Labute approximate surface area is 228 Å². The van der Waals surface area contributed by atoms with Gasteiger partial charge in [-0.3, -0.25) is 4.79 Å². The highest BCUT2D eigenvalue weighted by Gasteiger charge is 2.62. The first-order chi connectivity index (χ1) is 17.6. The zero-order valence-corrected chi connectivity index (χ0v) is 23.7. The summed E-state index contributed by atoms with van der Waals surface area (Å²) >= 11 is 6.38. The van der Waals surface area contributed by atoms with Crippen molar-refractivity contribution in [1.29, 1.82) is 0 Å². The zero-order chi connectivity index (χ0) is 26.1. The minimum absolute atomic E-state index is 0.180.